The SMILES string of the molecule is O=C(C=Cc1cccnc1)NCCCCC1CCN(C(=O)c2ccccc2)CC1.[Cl-]. The van der Waals surface area contributed by atoms with E-state index in [-0.39, 0.29) is 24.2 Å². The van der Waals surface area contributed by atoms with Gasteiger partial charge >= 0.3 is 0 Å². The lowest BCUT2D eigenvalue weighted by atomic mass is 9.91. The van der Waals surface area contributed by atoms with Gasteiger partial charge in [0.25, 0.3) is 5.91 Å². The lowest BCUT2D eigenvalue weighted by Gasteiger charge is -2.32. The fourth-order valence-electron chi connectivity index (χ4n) is 3.66. The number of aromatic nitrogens is 1. The van der Waals surface area contributed by atoms with Gasteiger partial charge in [-0.2, -0.15) is 0 Å². The molecule has 1 fully saturated rings. The Balaban J connectivity index is 0.00000320. The molecule has 1 saturated heterocycles. The highest BCUT2D eigenvalue weighted by molar-refractivity contribution is 5.94. The van der Waals surface area contributed by atoms with Crippen molar-refractivity contribution in [2.24, 2.45) is 5.92 Å². The van der Waals surface area contributed by atoms with Crippen LogP contribution in [0.1, 0.15) is 48.0 Å². The minimum Gasteiger partial charge on any atom is -1.00 e. The Morgan fingerprint density at radius 3 is 2.53 bits per heavy atom. The Labute approximate surface area is 185 Å². The number of likely N-dealkylation sites (tertiary alicyclic amines) is 1. The summed E-state index contributed by atoms with van der Waals surface area (Å²) < 4.78 is 0. The summed E-state index contributed by atoms with van der Waals surface area (Å²) in [7, 11) is 0. The third-order valence-electron chi connectivity index (χ3n) is 5.37. The minimum absolute atomic E-state index is 0. The lowest BCUT2D eigenvalue weighted by Crippen LogP contribution is -3.00. The topological polar surface area (TPSA) is 62.3 Å². The van der Waals surface area contributed by atoms with E-state index in [1.165, 1.54) is 0 Å². The molecule has 1 aliphatic rings. The summed E-state index contributed by atoms with van der Waals surface area (Å²) in [4.78, 5) is 30.3. The van der Waals surface area contributed by atoms with Gasteiger partial charge in [0.15, 0.2) is 0 Å². The Kier molecular flexibility index (Phi) is 10.1. The van der Waals surface area contributed by atoms with Crippen LogP contribution in [0.25, 0.3) is 6.08 Å². The average Bonchev–Trinajstić information content (AvgIpc) is 2.79. The molecule has 1 aromatic heterocycles. The van der Waals surface area contributed by atoms with Crippen LogP contribution in [-0.2, 0) is 4.79 Å². The molecule has 0 unspecified atom stereocenters. The first-order valence-corrected chi connectivity index (χ1v) is 10.4. The molecule has 2 aromatic rings. The smallest absolute Gasteiger partial charge is 0.253 e. The van der Waals surface area contributed by atoms with Crippen LogP contribution in [-0.4, -0.2) is 41.3 Å². The zero-order valence-corrected chi connectivity index (χ0v) is 17.9. The third kappa shape index (κ3) is 7.64. The normalized spacial score (nSPS) is 14.3. The number of rotatable bonds is 8. The molecule has 6 heteroatoms. The van der Waals surface area contributed by atoms with Gasteiger partial charge in [-0.3, -0.25) is 14.6 Å². The van der Waals surface area contributed by atoms with Gasteiger partial charge in [-0.15, -0.1) is 0 Å². The lowest BCUT2D eigenvalue weighted by molar-refractivity contribution is -0.116. The molecule has 1 aromatic carbocycles. The predicted molar refractivity (Wildman–Crippen MR) is 115 cm³/mol. The third-order valence-corrected chi connectivity index (χ3v) is 5.37. The van der Waals surface area contributed by atoms with Crippen molar-refractivity contribution >= 4 is 17.9 Å². The molecule has 30 heavy (non-hydrogen) atoms. The highest BCUT2D eigenvalue weighted by Crippen LogP contribution is 2.23. The second kappa shape index (κ2) is 12.8. The monoisotopic (exact) mass is 426 g/mol. The van der Waals surface area contributed by atoms with Gasteiger partial charge in [0.2, 0.25) is 5.91 Å². The van der Waals surface area contributed by atoms with Crippen molar-refractivity contribution in [2.75, 3.05) is 19.6 Å². The van der Waals surface area contributed by atoms with Gasteiger partial charge < -0.3 is 22.6 Å². The molecule has 2 heterocycles. The van der Waals surface area contributed by atoms with Crippen molar-refractivity contribution in [3.05, 3.63) is 72.1 Å². The van der Waals surface area contributed by atoms with E-state index in [0.717, 1.165) is 56.3 Å². The van der Waals surface area contributed by atoms with E-state index in [4.69, 9.17) is 0 Å². The fourth-order valence-corrected chi connectivity index (χ4v) is 3.66. The van der Waals surface area contributed by atoms with Gasteiger partial charge in [-0.05, 0) is 55.0 Å². The van der Waals surface area contributed by atoms with E-state index < -0.39 is 0 Å². The van der Waals surface area contributed by atoms with E-state index in [1.807, 2.05) is 47.4 Å². The summed E-state index contributed by atoms with van der Waals surface area (Å²) >= 11 is 0. The molecule has 1 aliphatic heterocycles. The zero-order valence-electron chi connectivity index (χ0n) is 17.2. The molecule has 0 radical (unpaired) electrons. The van der Waals surface area contributed by atoms with Crippen LogP contribution in [0.5, 0.6) is 0 Å². The number of hydrogen-bond acceptors (Lipinski definition) is 3. The number of benzene rings is 1. The maximum atomic E-state index is 12.5. The quantitative estimate of drug-likeness (QED) is 0.504. The van der Waals surface area contributed by atoms with Crippen LogP contribution < -0.4 is 17.7 Å². The molecule has 0 aliphatic carbocycles. The van der Waals surface area contributed by atoms with Crippen molar-refractivity contribution in [1.29, 1.82) is 0 Å². The number of carbonyl (C=O) groups excluding carboxylic acids is 2. The van der Waals surface area contributed by atoms with Crippen LogP contribution in [0, 0.1) is 5.92 Å². The summed E-state index contributed by atoms with van der Waals surface area (Å²) in [6, 6.07) is 13.3. The summed E-state index contributed by atoms with van der Waals surface area (Å²) in [6.45, 7) is 2.38. The van der Waals surface area contributed by atoms with E-state index in [9.17, 15) is 9.59 Å². The maximum Gasteiger partial charge on any atom is 0.253 e. The standard InChI is InChI=1S/C24H29N3O2.ClH/c28-23(12-11-21-8-6-15-25-19-21)26-16-5-4-7-20-13-17-27(18-14-20)24(29)22-9-2-1-3-10-22;/h1-3,6,8-12,15,19-20H,4-5,7,13-14,16-18H2,(H,26,28);1H/p-1. The molecule has 0 saturated carbocycles. The first-order chi connectivity index (χ1) is 14.2. The van der Waals surface area contributed by atoms with Gasteiger partial charge in [-0.25, -0.2) is 0 Å². The van der Waals surface area contributed by atoms with Gasteiger partial charge in [0, 0.05) is 43.7 Å². The molecule has 0 atom stereocenters. The van der Waals surface area contributed by atoms with Gasteiger partial charge in [0.1, 0.15) is 0 Å². The van der Waals surface area contributed by atoms with Crippen LogP contribution in [0.4, 0.5) is 0 Å². The van der Waals surface area contributed by atoms with Crippen molar-refractivity contribution < 1.29 is 22.0 Å². The van der Waals surface area contributed by atoms with E-state index in [0.29, 0.717) is 12.5 Å². The molecule has 160 valence electrons. The zero-order chi connectivity index (χ0) is 20.3. The molecule has 0 spiro atoms. The number of pyridine rings is 1. The molecule has 0 bridgehead atoms. The Morgan fingerprint density at radius 1 is 1.07 bits per heavy atom. The predicted octanol–water partition coefficient (Wildman–Crippen LogP) is 0.938. The summed E-state index contributed by atoms with van der Waals surface area (Å²) in [6.07, 6.45) is 12.1. The number of nitrogens with zero attached hydrogens (tertiary/aromatic N) is 2. The largest absolute Gasteiger partial charge is 1.00 e. The maximum absolute atomic E-state index is 12.5. The summed E-state index contributed by atoms with van der Waals surface area (Å²) in [5.74, 6) is 0.753. The first kappa shape index (κ1) is 23.6. The Hall–Kier alpha value is -2.66. The summed E-state index contributed by atoms with van der Waals surface area (Å²) in [5.41, 5.74) is 1.69. The molecule has 3 rings (SSSR count). The van der Waals surface area contributed by atoms with Crippen molar-refractivity contribution in [3.8, 4) is 0 Å². The van der Waals surface area contributed by atoms with Crippen molar-refractivity contribution in [2.45, 2.75) is 32.1 Å². The number of hydrogen-bond donors (Lipinski definition) is 1. The van der Waals surface area contributed by atoms with Crippen LogP contribution in [0.2, 0.25) is 0 Å². The molecule has 5 nitrogen and oxygen atoms in total. The number of halogens is 1. The number of nitrogens with one attached hydrogen (secondary N) is 1. The van der Waals surface area contributed by atoms with Gasteiger partial charge in [0.05, 0.1) is 0 Å². The molecule has 1 N–H and O–H groups in total. The summed E-state index contributed by atoms with van der Waals surface area (Å²) in [5, 5.41) is 2.93. The average molecular weight is 427 g/mol. The van der Waals surface area contributed by atoms with Crippen molar-refractivity contribution in [3.63, 3.8) is 0 Å². The number of unbranched alkanes of at least 4 members (excludes halogenated alkanes) is 1. The second-order valence-electron chi connectivity index (χ2n) is 7.51. The van der Waals surface area contributed by atoms with Crippen LogP contribution in [0.3, 0.4) is 0 Å². The molecular weight excluding hydrogens is 398 g/mol. The first-order valence-electron chi connectivity index (χ1n) is 10.4. The highest BCUT2D eigenvalue weighted by atomic mass is 35.5. The molecular formula is C24H29ClN3O2-. The second-order valence-corrected chi connectivity index (χ2v) is 7.51. The van der Waals surface area contributed by atoms with E-state index in [2.05, 4.69) is 10.3 Å². The Bertz CT molecular complexity index is 804. The minimum atomic E-state index is -0.0680. The van der Waals surface area contributed by atoms with Gasteiger partial charge in [-0.1, -0.05) is 37.1 Å². The Morgan fingerprint density at radius 2 is 1.83 bits per heavy atom. The number of carbonyl (C=O) groups is 2. The molecule has 2 amide bonds. The highest BCUT2D eigenvalue weighted by Gasteiger charge is 2.23. The van der Waals surface area contributed by atoms with Crippen molar-refractivity contribution in [1.82, 2.24) is 15.2 Å². The number of amides is 2. The van der Waals surface area contributed by atoms with Crippen LogP contribution in [0.15, 0.2) is 60.9 Å². The van der Waals surface area contributed by atoms with E-state index >= 15 is 0 Å². The van der Waals surface area contributed by atoms with E-state index in [1.54, 1.807) is 24.5 Å². The fraction of sp³-hybridized carbons (Fsp3) is 0.375. The van der Waals surface area contributed by atoms with Crippen LogP contribution >= 0.6 is 0 Å². The number of piperidine rings is 1.